The van der Waals surface area contributed by atoms with Crippen molar-refractivity contribution in [1.82, 2.24) is 14.8 Å². The third-order valence-corrected chi connectivity index (χ3v) is 4.24. The van der Waals surface area contributed by atoms with Crippen LogP contribution in [0.15, 0.2) is 12.4 Å². The number of likely N-dealkylation sites (N-methyl/N-ethyl adjacent to an activating group) is 1. The van der Waals surface area contributed by atoms with Crippen molar-refractivity contribution < 1.29 is 9.90 Å². The number of aliphatic hydroxyl groups excluding tert-OH is 1. The van der Waals surface area contributed by atoms with Gasteiger partial charge in [-0.3, -0.25) is 9.78 Å². The third kappa shape index (κ3) is 2.55. The van der Waals surface area contributed by atoms with Crippen molar-refractivity contribution in [2.24, 2.45) is 0 Å². The minimum absolute atomic E-state index is 0.0256. The number of amides is 1. The van der Waals surface area contributed by atoms with Crippen LogP contribution in [0.25, 0.3) is 0 Å². The third-order valence-electron chi connectivity index (χ3n) is 4.24. The molecule has 1 saturated heterocycles. The van der Waals surface area contributed by atoms with E-state index in [0.29, 0.717) is 6.54 Å². The summed E-state index contributed by atoms with van der Waals surface area (Å²) in [5.41, 5.74) is 3.02. The molecule has 1 aromatic heterocycles. The summed E-state index contributed by atoms with van der Waals surface area (Å²) >= 11 is 0. The van der Waals surface area contributed by atoms with Crippen molar-refractivity contribution in [2.45, 2.75) is 31.9 Å². The Kier molecular flexibility index (Phi) is 3.72. The maximum atomic E-state index is 12.7. The summed E-state index contributed by atoms with van der Waals surface area (Å²) in [5, 5.41) is 9.73. The fourth-order valence-corrected chi connectivity index (χ4v) is 3.13. The Hall–Kier alpha value is -1.46. The van der Waals surface area contributed by atoms with Gasteiger partial charge in [-0.1, -0.05) is 0 Å². The average molecular weight is 275 g/mol. The molecule has 0 saturated carbocycles. The van der Waals surface area contributed by atoms with Gasteiger partial charge in [0, 0.05) is 38.6 Å². The minimum atomic E-state index is -0.383. The van der Waals surface area contributed by atoms with Gasteiger partial charge in [0.2, 0.25) is 0 Å². The number of β-amino-alcohol motifs (C(OH)–C–C–N with tert-alkyl or cyclic N) is 1. The molecule has 1 atom stereocenters. The number of aliphatic hydroxyl groups is 1. The van der Waals surface area contributed by atoms with Gasteiger partial charge in [-0.05, 0) is 37.4 Å². The zero-order valence-corrected chi connectivity index (χ0v) is 11.9. The first-order valence-electron chi connectivity index (χ1n) is 7.27. The number of hydrogen-bond acceptors (Lipinski definition) is 4. The van der Waals surface area contributed by atoms with Crippen LogP contribution in [-0.4, -0.2) is 58.6 Å². The van der Waals surface area contributed by atoms with Gasteiger partial charge in [0.15, 0.2) is 0 Å². The largest absolute Gasteiger partial charge is 0.391 e. The maximum Gasteiger partial charge on any atom is 0.255 e. The van der Waals surface area contributed by atoms with E-state index in [1.54, 1.807) is 11.1 Å². The number of fused-ring (bicyclic) bond motifs is 1. The molecule has 5 nitrogen and oxygen atoms in total. The van der Waals surface area contributed by atoms with Crippen molar-refractivity contribution in [3.8, 4) is 0 Å². The second-order valence-corrected chi connectivity index (χ2v) is 5.86. The molecule has 1 unspecified atom stereocenters. The zero-order valence-electron chi connectivity index (χ0n) is 11.9. The number of pyridine rings is 1. The average Bonchev–Trinajstić information content (AvgIpc) is 2.45. The Bertz CT molecular complexity index is 518. The van der Waals surface area contributed by atoms with Gasteiger partial charge in [0.1, 0.15) is 0 Å². The van der Waals surface area contributed by atoms with E-state index in [4.69, 9.17) is 0 Å². The Labute approximate surface area is 119 Å². The first-order valence-corrected chi connectivity index (χ1v) is 7.27. The summed E-state index contributed by atoms with van der Waals surface area (Å²) in [5.74, 6) is 0.0256. The van der Waals surface area contributed by atoms with Crippen molar-refractivity contribution in [3.05, 3.63) is 29.1 Å². The van der Waals surface area contributed by atoms with Crippen LogP contribution in [0.2, 0.25) is 0 Å². The molecule has 0 aromatic carbocycles. The highest BCUT2D eigenvalue weighted by Gasteiger charge is 2.27. The molecular weight excluding hydrogens is 254 g/mol. The molecule has 0 aliphatic carbocycles. The lowest BCUT2D eigenvalue weighted by molar-refractivity contribution is 0.0472. The smallest absolute Gasteiger partial charge is 0.255 e. The van der Waals surface area contributed by atoms with E-state index in [1.807, 2.05) is 6.20 Å². The van der Waals surface area contributed by atoms with E-state index in [1.165, 1.54) is 0 Å². The fraction of sp³-hybridized carbons (Fsp3) is 0.600. The molecule has 1 N–H and O–H groups in total. The van der Waals surface area contributed by atoms with Gasteiger partial charge >= 0.3 is 0 Å². The number of nitrogens with zero attached hydrogens (tertiary/aromatic N) is 3. The van der Waals surface area contributed by atoms with Crippen LogP contribution >= 0.6 is 0 Å². The molecule has 1 amide bonds. The summed E-state index contributed by atoms with van der Waals surface area (Å²) in [6.07, 6.45) is 5.73. The monoisotopic (exact) mass is 275 g/mol. The van der Waals surface area contributed by atoms with Gasteiger partial charge in [-0.25, -0.2) is 0 Å². The maximum absolute atomic E-state index is 12.7. The summed E-state index contributed by atoms with van der Waals surface area (Å²) in [6.45, 7) is 3.01. The van der Waals surface area contributed by atoms with Crippen LogP contribution in [-0.2, 0) is 13.0 Å². The molecular formula is C15H21N3O2. The molecule has 20 heavy (non-hydrogen) atoms. The van der Waals surface area contributed by atoms with Crippen molar-refractivity contribution in [1.29, 1.82) is 0 Å². The van der Waals surface area contributed by atoms with Crippen LogP contribution in [0.5, 0.6) is 0 Å². The summed E-state index contributed by atoms with van der Waals surface area (Å²) < 4.78 is 0. The van der Waals surface area contributed by atoms with Crippen molar-refractivity contribution >= 4 is 5.91 Å². The topological polar surface area (TPSA) is 56.7 Å². The van der Waals surface area contributed by atoms with E-state index in [0.717, 1.165) is 55.6 Å². The standard InChI is InChI=1S/C15H21N3O2/c1-17-6-4-13-11(9-17)7-16-8-14(13)15(20)18-5-2-3-12(19)10-18/h7-8,12,19H,2-6,9-10H2,1H3. The molecule has 0 spiro atoms. The Morgan fingerprint density at radius 2 is 2.25 bits per heavy atom. The van der Waals surface area contributed by atoms with Crippen molar-refractivity contribution in [2.75, 3.05) is 26.7 Å². The summed E-state index contributed by atoms with van der Waals surface area (Å²) in [7, 11) is 2.08. The normalized spacial score (nSPS) is 23.5. The lowest BCUT2D eigenvalue weighted by Gasteiger charge is -2.32. The molecule has 0 bridgehead atoms. The van der Waals surface area contributed by atoms with Crippen LogP contribution in [0.4, 0.5) is 0 Å². The number of carbonyl (C=O) groups is 1. The highest BCUT2D eigenvalue weighted by atomic mass is 16.3. The van der Waals surface area contributed by atoms with Gasteiger partial charge in [0.25, 0.3) is 5.91 Å². The lowest BCUT2D eigenvalue weighted by atomic mass is 9.96. The van der Waals surface area contributed by atoms with Crippen LogP contribution in [0.1, 0.15) is 34.3 Å². The highest BCUT2D eigenvalue weighted by Crippen LogP contribution is 2.23. The SMILES string of the molecule is CN1CCc2c(cncc2C(=O)N2CCCC(O)C2)C1. The van der Waals surface area contributed by atoms with Crippen LogP contribution in [0, 0.1) is 0 Å². The van der Waals surface area contributed by atoms with Crippen LogP contribution in [0.3, 0.4) is 0 Å². The molecule has 108 valence electrons. The lowest BCUT2D eigenvalue weighted by Crippen LogP contribution is -2.43. The quantitative estimate of drug-likeness (QED) is 0.818. The minimum Gasteiger partial charge on any atom is -0.391 e. The molecule has 2 aliphatic rings. The Balaban J connectivity index is 1.86. The zero-order chi connectivity index (χ0) is 14.1. The first-order chi connectivity index (χ1) is 9.65. The number of hydrogen-bond donors (Lipinski definition) is 1. The van der Waals surface area contributed by atoms with E-state index in [2.05, 4.69) is 16.9 Å². The summed E-state index contributed by atoms with van der Waals surface area (Å²) in [4.78, 5) is 20.9. The fourth-order valence-electron chi connectivity index (χ4n) is 3.13. The van der Waals surface area contributed by atoms with Crippen LogP contribution < -0.4 is 0 Å². The molecule has 0 radical (unpaired) electrons. The van der Waals surface area contributed by atoms with E-state index < -0.39 is 0 Å². The number of aromatic nitrogens is 1. The number of rotatable bonds is 1. The second-order valence-electron chi connectivity index (χ2n) is 5.86. The van der Waals surface area contributed by atoms with E-state index in [9.17, 15) is 9.90 Å². The predicted molar refractivity (Wildman–Crippen MR) is 75.4 cm³/mol. The van der Waals surface area contributed by atoms with E-state index >= 15 is 0 Å². The molecule has 1 aromatic rings. The highest BCUT2D eigenvalue weighted by molar-refractivity contribution is 5.95. The number of likely N-dealkylation sites (tertiary alicyclic amines) is 1. The Morgan fingerprint density at radius 1 is 1.40 bits per heavy atom. The van der Waals surface area contributed by atoms with Gasteiger partial charge < -0.3 is 14.9 Å². The van der Waals surface area contributed by atoms with E-state index in [-0.39, 0.29) is 12.0 Å². The Morgan fingerprint density at radius 3 is 3.05 bits per heavy atom. The first kappa shape index (κ1) is 13.5. The molecule has 3 heterocycles. The molecule has 1 fully saturated rings. The van der Waals surface area contributed by atoms with Crippen molar-refractivity contribution in [3.63, 3.8) is 0 Å². The second kappa shape index (κ2) is 5.50. The summed E-state index contributed by atoms with van der Waals surface area (Å²) in [6, 6.07) is 0. The predicted octanol–water partition coefficient (Wildman–Crippen LogP) is 0.666. The van der Waals surface area contributed by atoms with Gasteiger partial charge in [0.05, 0.1) is 11.7 Å². The van der Waals surface area contributed by atoms with Gasteiger partial charge in [-0.2, -0.15) is 0 Å². The molecule has 3 rings (SSSR count). The number of piperidine rings is 1. The molecule has 2 aliphatic heterocycles. The van der Waals surface area contributed by atoms with Gasteiger partial charge in [-0.15, -0.1) is 0 Å². The molecule has 5 heteroatoms. The number of carbonyl (C=O) groups excluding carboxylic acids is 1.